The first-order valence-corrected chi connectivity index (χ1v) is 8.49. The van der Waals surface area contributed by atoms with Crippen LogP contribution in [0.1, 0.15) is 36.5 Å². The number of amides is 2. The number of aromatic hydroxyl groups is 2. The van der Waals surface area contributed by atoms with E-state index in [2.05, 4.69) is 15.8 Å². The normalized spacial score (nSPS) is 11.1. The number of aryl methyl sites for hydroxylation is 2. The molecule has 0 aromatic heterocycles. The first-order valence-electron chi connectivity index (χ1n) is 8.49. The molecule has 2 aromatic rings. The Labute approximate surface area is 157 Å². The largest absolute Gasteiger partial charge is 0.508 e. The van der Waals surface area contributed by atoms with Crippen molar-refractivity contribution in [1.29, 1.82) is 0 Å². The van der Waals surface area contributed by atoms with Crippen LogP contribution in [0, 0.1) is 13.8 Å². The zero-order valence-electron chi connectivity index (χ0n) is 15.5. The number of benzene rings is 2. The Bertz CT molecular complexity index is 891. The summed E-state index contributed by atoms with van der Waals surface area (Å²) in [6, 6.07) is 9.71. The molecule has 2 aromatic carbocycles. The average Bonchev–Trinajstić information content (AvgIpc) is 2.61. The van der Waals surface area contributed by atoms with Gasteiger partial charge in [0, 0.05) is 30.2 Å². The topological polar surface area (TPSA) is 111 Å². The van der Waals surface area contributed by atoms with Gasteiger partial charge in [-0.3, -0.25) is 9.59 Å². The maximum atomic E-state index is 12.0. The molecule has 27 heavy (non-hydrogen) atoms. The van der Waals surface area contributed by atoms with Crippen molar-refractivity contribution in [3.63, 3.8) is 0 Å². The molecule has 0 aliphatic rings. The maximum Gasteiger partial charge on any atom is 0.240 e. The van der Waals surface area contributed by atoms with E-state index in [1.54, 1.807) is 6.92 Å². The van der Waals surface area contributed by atoms with Crippen LogP contribution >= 0.6 is 0 Å². The molecule has 0 unspecified atom stereocenters. The molecule has 0 spiro atoms. The molecule has 0 aliphatic heterocycles. The van der Waals surface area contributed by atoms with Gasteiger partial charge in [0.25, 0.3) is 0 Å². The summed E-state index contributed by atoms with van der Waals surface area (Å²) in [7, 11) is 0. The van der Waals surface area contributed by atoms with Crippen molar-refractivity contribution in [2.45, 2.75) is 33.6 Å². The number of phenols is 2. The van der Waals surface area contributed by atoms with Gasteiger partial charge in [-0.25, -0.2) is 5.43 Å². The Kier molecular flexibility index (Phi) is 6.54. The Morgan fingerprint density at radius 2 is 1.67 bits per heavy atom. The number of carbonyl (C=O) groups is 2. The number of hydrogen-bond donors (Lipinski definition) is 4. The first-order chi connectivity index (χ1) is 12.8. The third kappa shape index (κ3) is 5.85. The molecule has 0 aliphatic carbocycles. The smallest absolute Gasteiger partial charge is 0.240 e. The van der Waals surface area contributed by atoms with Crippen LogP contribution in [-0.4, -0.2) is 27.7 Å². The lowest BCUT2D eigenvalue weighted by molar-refractivity contribution is -0.124. The lowest BCUT2D eigenvalue weighted by Crippen LogP contribution is -2.21. The number of nitrogens with one attached hydrogen (secondary N) is 2. The third-order valence-electron chi connectivity index (χ3n) is 4.09. The summed E-state index contributed by atoms with van der Waals surface area (Å²) in [4.78, 5) is 23.8. The summed E-state index contributed by atoms with van der Waals surface area (Å²) in [6.07, 6.45) is 0.00675. The van der Waals surface area contributed by atoms with Crippen molar-refractivity contribution in [3.8, 4) is 11.5 Å². The predicted molar refractivity (Wildman–Crippen MR) is 104 cm³/mol. The number of nitrogens with zero attached hydrogens (tertiary/aromatic N) is 1. The molecule has 4 N–H and O–H groups in total. The van der Waals surface area contributed by atoms with Gasteiger partial charge in [-0.05, 0) is 56.2 Å². The number of rotatable bonds is 6. The standard InChI is InChI=1S/C20H23N3O4/c1-12-4-5-15(10-13(12)2)21-19(26)8-9-20(27)23-22-14(3)17-7-6-16(24)11-18(17)25/h4-7,10-11,24-25H,8-9H2,1-3H3,(H,21,26)(H,23,27). The number of hydrogen-bond acceptors (Lipinski definition) is 5. The minimum atomic E-state index is -0.414. The van der Waals surface area contributed by atoms with Crippen molar-refractivity contribution in [2.24, 2.45) is 5.10 Å². The van der Waals surface area contributed by atoms with Gasteiger partial charge in [-0.1, -0.05) is 6.07 Å². The Balaban J connectivity index is 1.84. The fourth-order valence-corrected chi connectivity index (χ4v) is 2.36. The van der Waals surface area contributed by atoms with E-state index in [0.29, 0.717) is 17.0 Å². The third-order valence-corrected chi connectivity index (χ3v) is 4.09. The number of anilines is 1. The van der Waals surface area contributed by atoms with Gasteiger partial charge in [0.1, 0.15) is 11.5 Å². The second-order valence-corrected chi connectivity index (χ2v) is 6.28. The predicted octanol–water partition coefficient (Wildman–Crippen LogP) is 2.97. The second kappa shape index (κ2) is 8.84. The number of phenolic OH excluding ortho intramolecular Hbond substituents is 2. The van der Waals surface area contributed by atoms with Gasteiger partial charge in [-0.15, -0.1) is 0 Å². The average molecular weight is 369 g/mol. The molecule has 2 rings (SSSR count). The van der Waals surface area contributed by atoms with Gasteiger partial charge < -0.3 is 15.5 Å². The van der Waals surface area contributed by atoms with Crippen LogP contribution in [0.4, 0.5) is 5.69 Å². The van der Waals surface area contributed by atoms with Crippen LogP contribution in [0.5, 0.6) is 11.5 Å². The molecule has 2 amide bonds. The van der Waals surface area contributed by atoms with E-state index in [0.717, 1.165) is 11.1 Å². The van der Waals surface area contributed by atoms with Gasteiger partial charge in [-0.2, -0.15) is 5.10 Å². The highest BCUT2D eigenvalue weighted by Crippen LogP contribution is 2.23. The van der Waals surface area contributed by atoms with Crippen molar-refractivity contribution in [1.82, 2.24) is 5.43 Å². The Morgan fingerprint density at radius 1 is 0.963 bits per heavy atom. The summed E-state index contributed by atoms with van der Waals surface area (Å²) in [5.41, 5.74) is 6.03. The lowest BCUT2D eigenvalue weighted by atomic mass is 10.1. The van der Waals surface area contributed by atoms with E-state index in [1.807, 2.05) is 32.0 Å². The summed E-state index contributed by atoms with van der Waals surface area (Å²) < 4.78 is 0. The highest BCUT2D eigenvalue weighted by molar-refractivity contribution is 6.01. The second-order valence-electron chi connectivity index (χ2n) is 6.28. The van der Waals surface area contributed by atoms with E-state index >= 15 is 0 Å². The van der Waals surface area contributed by atoms with Crippen LogP contribution < -0.4 is 10.7 Å². The van der Waals surface area contributed by atoms with Crippen molar-refractivity contribution < 1.29 is 19.8 Å². The summed E-state index contributed by atoms with van der Waals surface area (Å²) in [6.45, 7) is 5.56. The molecule has 0 atom stereocenters. The van der Waals surface area contributed by atoms with Crippen LogP contribution in [-0.2, 0) is 9.59 Å². The van der Waals surface area contributed by atoms with E-state index < -0.39 is 5.91 Å². The summed E-state index contributed by atoms with van der Waals surface area (Å²) in [5.74, 6) is -0.880. The molecular weight excluding hydrogens is 346 g/mol. The molecule has 0 bridgehead atoms. The summed E-state index contributed by atoms with van der Waals surface area (Å²) in [5, 5.41) is 25.7. The van der Waals surface area contributed by atoms with Crippen LogP contribution in [0.25, 0.3) is 0 Å². The van der Waals surface area contributed by atoms with Gasteiger partial charge in [0.15, 0.2) is 0 Å². The van der Waals surface area contributed by atoms with Gasteiger partial charge in [0.05, 0.1) is 5.71 Å². The minimum absolute atomic E-state index is 0.0188. The molecule has 7 nitrogen and oxygen atoms in total. The van der Waals surface area contributed by atoms with E-state index in [9.17, 15) is 19.8 Å². The number of hydrazone groups is 1. The van der Waals surface area contributed by atoms with Gasteiger partial charge >= 0.3 is 0 Å². The minimum Gasteiger partial charge on any atom is -0.508 e. The molecule has 0 saturated carbocycles. The zero-order chi connectivity index (χ0) is 20.0. The molecule has 0 heterocycles. The molecule has 7 heteroatoms. The zero-order valence-corrected chi connectivity index (χ0v) is 15.5. The Morgan fingerprint density at radius 3 is 2.33 bits per heavy atom. The van der Waals surface area contributed by atoms with Gasteiger partial charge in [0.2, 0.25) is 11.8 Å². The number of carbonyl (C=O) groups excluding carboxylic acids is 2. The monoisotopic (exact) mass is 369 g/mol. The quantitative estimate of drug-likeness (QED) is 0.463. The maximum absolute atomic E-state index is 12.0. The molecular formula is C20H23N3O4. The van der Waals surface area contributed by atoms with Crippen LogP contribution in [0.15, 0.2) is 41.5 Å². The van der Waals surface area contributed by atoms with Crippen LogP contribution in [0.2, 0.25) is 0 Å². The van der Waals surface area contributed by atoms with E-state index in [-0.39, 0.29) is 30.2 Å². The van der Waals surface area contributed by atoms with Crippen molar-refractivity contribution in [2.75, 3.05) is 5.32 Å². The highest BCUT2D eigenvalue weighted by atomic mass is 16.3. The van der Waals surface area contributed by atoms with Crippen LogP contribution in [0.3, 0.4) is 0 Å². The highest BCUT2D eigenvalue weighted by Gasteiger charge is 2.09. The molecule has 0 fully saturated rings. The van der Waals surface area contributed by atoms with Crippen molar-refractivity contribution >= 4 is 23.2 Å². The SMILES string of the molecule is CC(=NNC(=O)CCC(=O)Nc1ccc(C)c(C)c1)c1ccc(O)cc1O. The molecule has 142 valence electrons. The Hall–Kier alpha value is -3.35. The fourth-order valence-electron chi connectivity index (χ4n) is 2.36. The van der Waals surface area contributed by atoms with Crippen molar-refractivity contribution in [3.05, 3.63) is 53.1 Å². The first kappa shape index (κ1) is 20.0. The fraction of sp³-hybridized carbons (Fsp3) is 0.250. The molecule has 0 radical (unpaired) electrons. The molecule has 0 saturated heterocycles. The van der Waals surface area contributed by atoms with E-state index in [1.165, 1.54) is 18.2 Å². The lowest BCUT2D eigenvalue weighted by Gasteiger charge is -2.08. The summed E-state index contributed by atoms with van der Waals surface area (Å²) >= 11 is 0. The van der Waals surface area contributed by atoms with E-state index in [4.69, 9.17) is 0 Å².